The Morgan fingerprint density at radius 1 is 1.37 bits per heavy atom. The van der Waals surface area contributed by atoms with E-state index in [2.05, 4.69) is 5.32 Å². The van der Waals surface area contributed by atoms with Gasteiger partial charge in [-0.15, -0.1) is 0 Å². The first-order valence-corrected chi connectivity index (χ1v) is 6.65. The normalized spacial score (nSPS) is 11.8. The van der Waals surface area contributed by atoms with Gasteiger partial charge < -0.3 is 10.2 Å². The Kier molecular flexibility index (Phi) is 5.83. The number of carbonyl (C=O) groups excluding carboxylic acids is 2. The van der Waals surface area contributed by atoms with Crippen LogP contribution >= 0.6 is 11.6 Å². The predicted octanol–water partition coefficient (Wildman–Crippen LogP) is 2.93. The van der Waals surface area contributed by atoms with E-state index in [9.17, 15) is 9.59 Å². The molecule has 0 bridgehead atoms. The van der Waals surface area contributed by atoms with Crippen LogP contribution in [0.15, 0.2) is 24.3 Å². The van der Waals surface area contributed by atoms with Crippen molar-refractivity contribution in [2.45, 2.75) is 33.2 Å². The topological polar surface area (TPSA) is 49.4 Å². The smallest absolute Gasteiger partial charge is 0.244 e. The third kappa shape index (κ3) is 4.56. The van der Waals surface area contributed by atoms with Gasteiger partial charge in [-0.3, -0.25) is 9.59 Å². The standard InChI is InChI=1S/C14H19ClN2O2/c1-4-10(2)17(11(3)18)9-14(19)16-13-8-6-5-7-12(13)15/h5-8,10H,4,9H2,1-3H3,(H,16,19). The van der Waals surface area contributed by atoms with Gasteiger partial charge in [-0.25, -0.2) is 0 Å². The number of carbonyl (C=O) groups is 2. The molecule has 0 heterocycles. The van der Waals surface area contributed by atoms with Crippen molar-refractivity contribution in [3.63, 3.8) is 0 Å². The highest BCUT2D eigenvalue weighted by molar-refractivity contribution is 6.33. The second-order valence-electron chi connectivity index (χ2n) is 4.43. The molecular weight excluding hydrogens is 264 g/mol. The van der Waals surface area contributed by atoms with Gasteiger partial charge in [-0.2, -0.15) is 0 Å². The minimum absolute atomic E-state index is 0.0366. The Bertz CT molecular complexity index is 463. The molecule has 2 amide bonds. The summed E-state index contributed by atoms with van der Waals surface area (Å²) in [6.07, 6.45) is 0.805. The summed E-state index contributed by atoms with van der Waals surface area (Å²) in [5, 5.41) is 3.19. The molecular formula is C14H19ClN2O2. The second kappa shape index (κ2) is 7.14. The van der Waals surface area contributed by atoms with Gasteiger partial charge in [0.25, 0.3) is 0 Å². The number of nitrogens with one attached hydrogen (secondary N) is 1. The van der Waals surface area contributed by atoms with Gasteiger partial charge in [0.2, 0.25) is 11.8 Å². The third-order valence-corrected chi connectivity index (χ3v) is 3.32. The molecule has 0 aliphatic carbocycles. The quantitative estimate of drug-likeness (QED) is 0.903. The number of amides is 2. The summed E-state index contributed by atoms with van der Waals surface area (Å²) < 4.78 is 0. The van der Waals surface area contributed by atoms with Crippen LogP contribution < -0.4 is 5.32 Å². The number of halogens is 1. The van der Waals surface area contributed by atoms with Crippen LogP contribution in [0.3, 0.4) is 0 Å². The van der Waals surface area contributed by atoms with E-state index in [-0.39, 0.29) is 24.4 Å². The molecule has 0 aromatic heterocycles. The largest absolute Gasteiger partial charge is 0.331 e. The molecule has 5 heteroatoms. The van der Waals surface area contributed by atoms with Crippen molar-refractivity contribution in [2.75, 3.05) is 11.9 Å². The Morgan fingerprint density at radius 3 is 2.53 bits per heavy atom. The molecule has 1 aromatic rings. The molecule has 104 valence electrons. The molecule has 0 saturated carbocycles. The lowest BCUT2D eigenvalue weighted by atomic mass is 10.2. The van der Waals surface area contributed by atoms with Gasteiger partial charge in [0.05, 0.1) is 10.7 Å². The zero-order chi connectivity index (χ0) is 14.4. The molecule has 4 nitrogen and oxygen atoms in total. The Balaban J connectivity index is 2.68. The summed E-state index contributed by atoms with van der Waals surface area (Å²) in [5.74, 6) is -0.354. The average Bonchev–Trinajstić information content (AvgIpc) is 2.37. The lowest BCUT2D eigenvalue weighted by Crippen LogP contribution is -2.42. The van der Waals surface area contributed by atoms with E-state index in [1.165, 1.54) is 6.92 Å². The number of para-hydroxylation sites is 1. The maximum Gasteiger partial charge on any atom is 0.244 e. The van der Waals surface area contributed by atoms with E-state index in [1.807, 2.05) is 13.8 Å². The van der Waals surface area contributed by atoms with Crippen LogP contribution in [0.25, 0.3) is 0 Å². The fourth-order valence-corrected chi connectivity index (χ4v) is 1.89. The molecule has 1 aromatic carbocycles. The second-order valence-corrected chi connectivity index (χ2v) is 4.84. The van der Waals surface area contributed by atoms with Crippen molar-refractivity contribution in [3.8, 4) is 0 Å². The molecule has 1 N–H and O–H groups in total. The molecule has 1 rings (SSSR count). The fraction of sp³-hybridized carbons (Fsp3) is 0.429. The molecule has 0 aliphatic heterocycles. The number of nitrogens with zero attached hydrogens (tertiary/aromatic N) is 1. The summed E-state index contributed by atoms with van der Waals surface area (Å²) in [5.41, 5.74) is 0.557. The first-order valence-electron chi connectivity index (χ1n) is 6.27. The van der Waals surface area contributed by atoms with Gasteiger partial charge in [-0.1, -0.05) is 30.7 Å². The number of rotatable bonds is 5. The summed E-state index contributed by atoms with van der Waals surface area (Å²) in [7, 11) is 0. The molecule has 0 aliphatic rings. The van der Waals surface area contributed by atoms with Gasteiger partial charge >= 0.3 is 0 Å². The van der Waals surface area contributed by atoms with Crippen LogP contribution in [-0.4, -0.2) is 29.3 Å². The molecule has 0 fully saturated rings. The molecule has 1 unspecified atom stereocenters. The van der Waals surface area contributed by atoms with E-state index in [0.717, 1.165) is 6.42 Å². The monoisotopic (exact) mass is 282 g/mol. The van der Waals surface area contributed by atoms with Gasteiger partial charge in [0, 0.05) is 13.0 Å². The zero-order valence-corrected chi connectivity index (χ0v) is 12.2. The van der Waals surface area contributed by atoms with Crippen molar-refractivity contribution in [2.24, 2.45) is 0 Å². The third-order valence-electron chi connectivity index (χ3n) is 2.99. The highest BCUT2D eigenvalue weighted by Gasteiger charge is 2.18. The minimum atomic E-state index is -0.247. The number of hydrogen-bond donors (Lipinski definition) is 1. The van der Waals surface area contributed by atoms with Crippen LogP contribution in [0.5, 0.6) is 0 Å². The molecule has 0 saturated heterocycles. The minimum Gasteiger partial charge on any atom is -0.331 e. The Hall–Kier alpha value is -1.55. The van der Waals surface area contributed by atoms with E-state index < -0.39 is 0 Å². The van der Waals surface area contributed by atoms with Crippen molar-refractivity contribution < 1.29 is 9.59 Å². The maximum atomic E-state index is 11.9. The zero-order valence-electron chi connectivity index (χ0n) is 11.4. The molecule has 0 radical (unpaired) electrons. The van der Waals surface area contributed by atoms with Gasteiger partial charge in [-0.05, 0) is 25.5 Å². The number of hydrogen-bond acceptors (Lipinski definition) is 2. The van der Waals surface area contributed by atoms with Crippen LogP contribution in [0.2, 0.25) is 5.02 Å². The predicted molar refractivity (Wildman–Crippen MR) is 77.2 cm³/mol. The van der Waals surface area contributed by atoms with Crippen molar-refractivity contribution >= 4 is 29.1 Å². The summed E-state index contributed by atoms with van der Waals surface area (Å²) >= 11 is 5.96. The molecule has 0 spiro atoms. The van der Waals surface area contributed by atoms with E-state index in [0.29, 0.717) is 10.7 Å². The number of benzene rings is 1. The van der Waals surface area contributed by atoms with Crippen molar-refractivity contribution in [3.05, 3.63) is 29.3 Å². The fourth-order valence-electron chi connectivity index (χ4n) is 1.70. The Morgan fingerprint density at radius 2 is 2.00 bits per heavy atom. The highest BCUT2D eigenvalue weighted by Crippen LogP contribution is 2.20. The Labute approximate surface area is 118 Å². The first-order chi connectivity index (χ1) is 8.95. The van der Waals surface area contributed by atoms with Crippen molar-refractivity contribution in [1.29, 1.82) is 0 Å². The van der Waals surface area contributed by atoms with Gasteiger partial charge in [0.1, 0.15) is 6.54 Å². The lowest BCUT2D eigenvalue weighted by Gasteiger charge is -2.26. The summed E-state index contributed by atoms with van der Waals surface area (Å²) in [6.45, 7) is 5.40. The maximum absolute atomic E-state index is 11.9. The SMILES string of the molecule is CCC(C)N(CC(=O)Nc1ccccc1Cl)C(C)=O. The van der Waals surface area contributed by atoms with Crippen LogP contribution in [0.4, 0.5) is 5.69 Å². The highest BCUT2D eigenvalue weighted by atomic mass is 35.5. The van der Waals surface area contributed by atoms with E-state index >= 15 is 0 Å². The summed E-state index contributed by atoms with van der Waals surface area (Å²) in [6, 6.07) is 7.04. The van der Waals surface area contributed by atoms with Crippen LogP contribution in [0, 0.1) is 0 Å². The van der Waals surface area contributed by atoms with Crippen molar-refractivity contribution in [1.82, 2.24) is 4.90 Å². The van der Waals surface area contributed by atoms with Crippen LogP contribution in [0.1, 0.15) is 27.2 Å². The van der Waals surface area contributed by atoms with E-state index in [4.69, 9.17) is 11.6 Å². The molecule has 19 heavy (non-hydrogen) atoms. The lowest BCUT2D eigenvalue weighted by molar-refractivity contribution is -0.134. The van der Waals surface area contributed by atoms with Gasteiger partial charge in [0.15, 0.2) is 0 Å². The summed E-state index contributed by atoms with van der Waals surface area (Å²) in [4.78, 5) is 25.0. The van der Waals surface area contributed by atoms with E-state index in [1.54, 1.807) is 29.2 Å². The average molecular weight is 283 g/mol. The molecule has 1 atom stereocenters. The number of anilines is 1. The first kappa shape index (κ1) is 15.5. The van der Waals surface area contributed by atoms with Crippen LogP contribution in [-0.2, 0) is 9.59 Å².